The molecule has 0 saturated heterocycles. The molecule has 1 aliphatic carbocycles. The van der Waals surface area contributed by atoms with Crippen LogP contribution in [0.25, 0.3) is 0 Å². The fourth-order valence-electron chi connectivity index (χ4n) is 3.40. The second kappa shape index (κ2) is 7.40. The summed E-state index contributed by atoms with van der Waals surface area (Å²) in [6.07, 6.45) is 10.2. The molecule has 0 aromatic heterocycles. The van der Waals surface area contributed by atoms with Crippen LogP contribution in [0, 0.1) is 5.92 Å². The first kappa shape index (κ1) is 15.0. The van der Waals surface area contributed by atoms with E-state index in [-0.39, 0.29) is 5.38 Å². The number of ether oxygens (including phenoxy) is 2. The Kier molecular flexibility index (Phi) is 5.29. The summed E-state index contributed by atoms with van der Waals surface area (Å²) in [6, 6.07) is 6.19. The number of rotatable bonds is 3. The van der Waals surface area contributed by atoms with Gasteiger partial charge in [-0.3, -0.25) is 0 Å². The van der Waals surface area contributed by atoms with Gasteiger partial charge in [0.25, 0.3) is 0 Å². The average Bonchev–Trinajstić information content (AvgIpc) is 2.88. The Morgan fingerprint density at radius 1 is 0.952 bits per heavy atom. The Morgan fingerprint density at radius 3 is 2.43 bits per heavy atom. The number of fused-ring (bicyclic) bond motifs is 1. The van der Waals surface area contributed by atoms with Gasteiger partial charge in [0.2, 0.25) is 0 Å². The van der Waals surface area contributed by atoms with Crippen molar-refractivity contribution in [1.29, 1.82) is 0 Å². The number of hydrogen-bond donors (Lipinski definition) is 0. The summed E-state index contributed by atoms with van der Waals surface area (Å²) in [7, 11) is 0. The summed E-state index contributed by atoms with van der Waals surface area (Å²) < 4.78 is 11.4. The van der Waals surface area contributed by atoms with Crippen molar-refractivity contribution in [2.45, 2.75) is 56.7 Å². The van der Waals surface area contributed by atoms with Crippen molar-refractivity contribution in [3.05, 3.63) is 23.8 Å². The summed E-state index contributed by atoms with van der Waals surface area (Å²) >= 11 is 6.68. The molecule has 0 spiro atoms. The van der Waals surface area contributed by atoms with E-state index >= 15 is 0 Å². The van der Waals surface area contributed by atoms with Gasteiger partial charge in [0.15, 0.2) is 11.5 Å². The largest absolute Gasteiger partial charge is 0.490 e. The van der Waals surface area contributed by atoms with Crippen LogP contribution in [-0.2, 0) is 0 Å². The van der Waals surface area contributed by atoms with E-state index in [1.807, 2.05) is 6.07 Å². The zero-order valence-electron chi connectivity index (χ0n) is 12.7. The molecule has 0 N–H and O–H groups in total. The average molecular weight is 309 g/mol. The molecule has 1 fully saturated rings. The SMILES string of the molecule is ClC(CC1CCCCCC1)c1ccc2c(c1)OCCCO2. The Bertz CT molecular complexity index is 453. The molecule has 2 nitrogen and oxygen atoms in total. The van der Waals surface area contributed by atoms with Crippen molar-refractivity contribution in [2.75, 3.05) is 13.2 Å². The first-order valence-corrected chi connectivity index (χ1v) is 8.80. The van der Waals surface area contributed by atoms with Crippen LogP contribution in [0.15, 0.2) is 18.2 Å². The summed E-state index contributed by atoms with van der Waals surface area (Å²) in [6.45, 7) is 1.46. The molecular formula is C18H25ClO2. The molecule has 1 aromatic rings. The van der Waals surface area contributed by atoms with Crippen molar-refractivity contribution in [1.82, 2.24) is 0 Å². The highest BCUT2D eigenvalue weighted by Gasteiger charge is 2.20. The number of hydrogen-bond acceptors (Lipinski definition) is 2. The molecule has 1 aliphatic heterocycles. The fourth-order valence-corrected chi connectivity index (χ4v) is 3.79. The van der Waals surface area contributed by atoms with Gasteiger partial charge in [-0.25, -0.2) is 0 Å². The van der Waals surface area contributed by atoms with Gasteiger partial charge in [-0.15, -0.1) is 11.6 Å². The van der Waals surface area contributed by atoms with Gasteiger partial charge in [-0.1, -0.05) is 44.6 Å². The molecule has 0 amide bonds. The summed E-state index contributed by atoms with van der Waals surface area (Å²) in [4.78, 5) is 0. The van der Waals surface area contributed by atoms with Gasteiger partial charge in [0, 0.05) is 6.42 Å². The predicted molar refractivity (Wildman–Crippen MR) is 86.5 cm³/mol. The molecule has 0 bridgehead atoms. The monoisotopic (exact) mass is 308 g/mol. The maximum atomic E-state index is 6.68. The minimum absolute atomic E-state index is 0.0882. The lowest BCUT2D eigenvalue weighted by atomic mass is 9.92. The topological polar surface area (TPSA) is 18.5 Å². The van der Waals surface area contributed by atoms with E-state index in [0.29, 0.717) is 0 Å². The van der Waals surface area contributed by atoms with Crippen molar-refractivity contribution in [3.63, 3.8) is 0 Å². The van der Waals surface area contributed by atoms with Crippen LogP contribution in [0.3, 0.4) is 0 Å². The molecule has 1 atom stereocenters. The third-order valence-corrected chi connectivity index (χ3v) is 5.08. The zero-order valence-corrected chi connectivity index (χ0v) is 13.4. The number of benzene rings is 1. The highest BCUT2D eigenvalue weighted by atomic mass is 35.5. The second-order valence-electron chi connectivity index (χ2n) is 6.32. The van der Waals surface area contributed by atoms with Gasteiger partial charge in [-0.05, 0) is 30.0 Å². The van der Waals surface area contributed by atoms with Crippen LogP contribution in [0.4, 0.5) is 0 Å². The second-order valence-corrected chi connectivity index (χ2v) is 6.84. The van der Waals surface area contributed by atoms with Crippen molar-refractivity contribution in [3.8, 4) is 11.5 Å². The molecule has 116 valence electrons. The normalized spacial score (nSPS) is 21.4. The van der Waals surface area contributed by atoms with E-state index < -0.39 is 0 Å². The molecule has 1 unspecified atom stereocenters. The third kappa shape index (κ3) is 4.06. The maximum Gasteiger partial charge on any atom is 0.161 e. The molecule has 1 saturated carbocycles. The molecule has 21 heavy (non-hydrogen) atoms. The molecule has 1 heterocycles. The molecule has 2 aliphatic rings. The maximum absolute atomic E-state index is 6.68. The first-order valence-electron chi connectivity index (χ1n) is 8.36. The van der Waals surface area contributed by atoms with E-state index in [2.05, 4.69) is 12.1 Å². The molecule has 3 heteroatoms. The summed E-state index contributed by atoms with van der Waals surface area (Å²) in [5.41, 5.74) is 1.17. The quantitative estimate of drug-likeness (QED) is 0.543. The van der Waals surface area contributed by atoms with E-state index in [1.54, 1.807) is 0 Å². The van der Waals surface area contributed by atoms with Gasteiger partial charge in [0.1, 0.15) is 0 Å². The fraction of sp³-hybridized carbons (Fsp3) is 0.667. The van der Waals surface area contributed by atoms with Crippen LogP contribution in [-0.4, -0.2) is 13.2 Å². The van der Waals surface area contributed by atoms with Gasteiger partial charge >= 0.3 is 0 Å². The van der Waals surface area contributed by atoms with E-state index in [9.17, 15) is 0 Å². The van der Waals surface area contributed by atoms with Gasteiger partial charge in [0.05, 0.1) is 18.6 Å². The Labute approximate surface area is 132 Å². The molecule has 0 radical (unpaired) electrons. The first-order chi connectivity index (χ1) is 10.3. The number of alkyl halides is 1. The predicted octanol–water partition coefficient (Wildman–Crippen LogP) is 5.49. The Hall–Kier alpha value is -0.890. The highest BCUT2D eigenvalue weighted by molar-refractivity contribution is 6.20. The summed E-state index contributed by atoms with van der Waals surface area (Å²) in [5, 5.41) is 0.0882. The van der Waals surface area contributed by atoms with Crippen LogP contribution >= 0.6 is 11.6 Å². The Balaban J connectivity index is 1.66. The molecule has 1 aromatic carbocycles. The van der Waals surface area contributed by atoms with E-state index in [1.165, 1.54) is 44.1 Å². The van der Waals surface area contributed by atoms with E-state index in [0.717, 1.165) is 43.5 Å². The van der Waals surface area contributed by atoms with Crippen LogP contribution < -0.4 is 9.47 Å². The van der Waals surface area contributed by atoms with Crippen molar-refractivity contribution < 1.29 is 9.47 Å². The lowest BCUT2D eigenvalue weighted by Gasteiger charge is -2.19. The molecular weight excluding hydrogens is 284 g/mol. The van der Waals surface area contributed by atoms with E-state index in [4.69, 9.17) is 21.1 Å². The highest BCUT2D eigenvalue weighted by Crippen LogP contribution is 2.38. The van der Waals surface area contributed by atoms with Crippen LogP contribution in [0.5, 0.6) is 11.5 Å². The zero-order chi connectivity index (χ0) is 14.5. The van der Waals surface area contributed by atoms with Crippen molar-refractivity contribution in [2.24, 2.45) is 5.92 Å². The standard InChI is InChI=1S/C18H25ClO2/c19-16(12-14-6-3-1-2-4-7-14)15-8-9-17-18(13-15)21-11-5-10-20-17/h8-9,13-14,16H,1-7,10-12H2. The minimum Gasteiger partial charge on any atom is -0.490 e. The third-order valence-electron chi connectivity index (χ3n) is 4.65. The number of halogens is 1. The van der Waals surface area contributed by atoms with Gasteiger partial charge in [-0.2, -0.15) is 0 Å². The lowest BCUT2D eigenvalue weighted by Crippen LogP contribution is -2.04. The van der Waals surface area contributed by atoms with Crippen LogP contribution in [0.2, 0.25) is 0 Å². The van der Waals surface area contributed by atoms with Crippen molar-refractivity contribution >= 4 is 11.6 Å². The summed E-state index contributed by atoms with van der Waals surface area (Å²) in [5.74, 6) is 2.50. The van der Waals surface area contributed by atoms with Crippen LogP contribution in [0.1, 0.15) is 62.3 Å². The lowest BCUT2D eigenvalue weighted by molar-refractivity contribution is 0.297. The minimum atomic E-state index is 0.0882. The Morgan fingerprint density at radius 2 is 1.67 bits per heavy atom. The smallest absolute Gasteiger partial charge is 0.161 e. The van der Waals surface area contributed by atoms with Gasteiger partial charge < -0.3 is 9.47 Å². The molecule has 3 rings (SSSR count).